The molecular formula is C16H19N5O4S2. The van der Waals surface area contributed by atoms with Crippen molar-refractivity contribution in [3.8, 4) is 0 Å². The number of thiazole rings is 1. The Bertz CT molecular complexity index is 921. The van der Waals surface area contributed by atoms with E-state index < -0.39 is 22.2 Å². The number of rotatable bonds is 8. The van der Waals surface area contributed by atoms with E-state index >= 15 is 0 Å². The molecule has 0 aliphatic carbocycles. The van der Waals surface area contributed by atoms with E-state index in [0.29, 0.717) is 15.0 Å². The number of nitrogens with zero attached hydrogens (tertiary/aromatic N) is 4. The minimum atomic E-state index is -4.35. The SMILES string of the molecule is Cc1nc(N=NC(C)C(=O)NS(=O)(=O)N(C=O)Cc2ccccc2)sc1C. The number of hydrogen-bond acceptors (Lipinski definition) is 8. The zero-order valence-electron chi connectivity index (χ0n) is 15.0. The van der Waals surface area contributed by atoms with Crippen LogP contribution in [-0.4, -0.2) is 36.1 Å². The van der Waals surface area contributed by atoms with Gasteiger partial charge in [-0.2, -0.15) is 13.5 Å². The highest BCUT2D eigenvalue weighted by Gasteiger charge is 2.25. The zero-order chi connectivity index (χ0) is 20.0. The molecule has 0 saturated carbocycles. The van der Waals surface area contributed by atoms with Crippen LogP contribution in [0.25, 0.3) is 0 Å². The molecule has 1 aromatic heterocycles. The van der Waals surface area contributed by atoms with Gasteiger partial charge in [0.15, 0.2) is 0 Å². The van der Waals surface area contributed by atoms with Crippen LogP contribution >= 0.6 is 11.3 Å². The molecule has 1 heterocycles. The summed E-state index contributed by atoms with van der Waals surface area (Å²) in [6.45, 7) is 4.91. The average Bonchev–Trinajstić information content (AvgIpc) is 2.95. The Morgan fingerprint density at radius 1 is 1.33 bits per heavy atom. The molecule has 0 bridgehead atoms. The summed E-state index contributed by atoms with van der Waals surface area (Å²) in [4.78, 5) is 28.5. The molecule has 2 amide bonds. The van der Waals surface area contributed by atoms with Crippen molar-refractivity contribution in [3.05, 3.63) is 46.5 Å². The summed E-state index contributed by atoms with van der Waals surface area (Å²) in [6.07, 6.45) is 0.149. The van der Waals surface area contributed by atoms with E-state index in [1.165, 1.54) is 18.3 Å². The number of aryl methyl sites for hydroxylation is 2. The molecule has 0 fully saturated rings. The first kappa shape index (κ1) is 20.6. The number of hydrogen-bond donors (Lipinski definition) is 1. The Morgan fingerprint density at radius 3 is 2.56 bits per heavy atom. The smallest absolute Gasteiger partial charge is 0.278 e. The Balaban J connectivity index is 2.03. The second-order valence-electron chi connectivity index (χ2n) is 5.64. The molecule has 27 heavy (non-hydrogen) atoms. The monoisotopic (exact) mass is 409 g/mol. The van der Waals surface area contributed by atoms with Crippen LogP contribution in [-0.2, 0) is 26.3 Å². The van der Waals surface area contributed by atoms with E-state index in [0.717, 1.165) is 10.6 Å². The number of benzene rings is 1. The predicted octanol–water partition coefficient (Wildman–Crippen LogP) is 2.25. The first-order valence-corrected chi connectivity index (χ1v) is 10.2. The van der Waals surface area contributed by atoms with Crippen LogP contribution in [0.3, 0.4) is 0 Å². The maximum atomic E-state index is 12.3. The lowest BCUT2D eigenvalue weighted by molar-refractivity contribution is -0.120. The maximum Gasteiger partial charge on any atom is 0.328 e. The molecule has 1 atom stereocenters. The molecule has 0 spiro atoms. The summed E-state index contributed by atoms with van der Waals surface area (Å²) >= 11 is 1.31. The fourth-order valence-corrected chi connectivity index (χ4v) is 3.61. The molecule has 0 saturated heterocycles. The molecule has 2 aromatic rings. The van der Waals surface area contributed by atoms with Crippen LogP contribution in [0.1, 0.15) is 23.1 Å². The second kappa shape index (κ2) is 8.82. The van der Waals surface area contributed by atoms with Crippen LogP contribution in [0.4, 0.5) is 5.13 Å². The Labute approximate surface area is 161 Å². The van der Waals surface area contributed by atoms with E-state index in [9.17, 15) is 18.0 Å². The quantitative estimate of drug-likeness (QED) is 0.529. The average molecular weight is 409 g/mol. The maximum absolute atomic E-state index is 12.3. The minimum absolute atomic E-state index is 0.149. The molecule has 2 rings (SSSR count). The molecular weight excluding hydrogens is 390 g/mol. The highest BCUT2D eigenvalue weighted by molar-refractivity contribution is 7.88. The lowest BCUT2D eigenvalue weighted by atomic mass is 10.2. The summed E-state index contributed by atoms with van der Waals surface area (Å²) in [7, 11) is -4.35. The number of amides is 2. The van der Waals surface area contributed by atoms with E-state index in [1.54, 1.807) is 30.3 Å². The van der Waals surface area contributed by atoms with Crippen molar-refractivity contribution in [1.29, 1.82) is 0 Å². The van der Waals surface area contributed by atoms with Crippen molar-refractivity contribution in [3.63, 3.8) is 0 Å². The molecule has 0 aliphatic rings. The molecule has 0 radical (unpaired) electrons. The van der Waals surface area contributed by atoms with Crippen molar-refractivity contribution in [2.24, 2.45) is 10.2 Å². The predicted molar refractivity (Wildman–Crippen MR) is 101 cm³/mol. The van der Waals surface area contributed by atoms with Gasteiger partial charge in [0.1, 0.15) is 6.04 Å². The van der Waals surface area contributed by atoms with Crippen LogP contribution in [0.5, 0.6) is 0 Å². The molecule has 1 N–H and O–H groups in total. The van der Waals surface area contributed by atoms with Crippen molar-refractivity contribution >= 4 is 39.0 Å². The number of azo groups is 1. The van der Waals surface area contributed by atoms with Gasteiger partial charge in [-0.05, 0) is 26.3 Å². The highest BCUT2D eigenvalue weighted by Crippen LogP contribution is 2.24. The van der Waals surface area contributed by atoms with Gasteiger partial charge in [-0.3, -0.25) is 9.59 Å². The van der Waals surface area contributed by atoms with Gasteiger partial charge in [-0.15, -0.1) is 5.11 Å². The van der Waals surface area contributed by atoms with E-state index in [4.69, 9.17) is 0 Å². The normalized spacial score (nSPS) is 12.7. The largest absolute Gasteiger partial charge is 0.328 e. The topological polar surface area (TPSA) is 121 Å². The standard InChI is InChI=1S/C16H19N5O4S2/c1-11-13(3)26-16(17-11)19-18-12(2)15(23)20-27(24,25)21(10-22)9-14-7-5-4-6-8-14/h4-8,10,12H,9H2,1-3H3,(H,20,23). The number of carbonyl (C=O) groups excluding carboxylic acids is 2. The van der Waals surface area contributed by atoms with Crippen LogP contribution in [0.2, 0.25) is 0 Å². The van der Waals surface area contributed by atoms with Gasteiger partial charge in [-0.25, -0.2) is 14.0 Å². The van der Waals surface area contributed by atoms with Gasteiger partial charge < -0.3 is 0 Å². The van der Waals surface area contributed by atoms with Crippen molar-refractivity contribution in [2.45, 2.75) is 33.4 Å². The summed E-state index contributed by atoms with van der Waals surface area (Å²) in [6, 6.07) is 7.46. The van der Waals surface area contributed by atoms with Gasteiger partial charge in [0.2, 0.25) is 11.5 Å². The van der Waals surface area contributed by atoms with Gasteiger partial charge in [0.05, 0.1) is 12.2 Å². The minimum Gasteiger partial charge on any atom is -0.278 e. The molecule has 9 nitrogen and oxygen atoms in total. The Kier molecular flexibility index (Phi) is 6.75. The summed E-state index contributed by atoms with van der Waals surface area (Å²) in [5.74, 6) is -0.899. The molecule has 144 valence electrons. The van der Waals surface area contributed by atoms with Gasteiger partial charge in [0.25, 0.3) is 5.91 Å². The van der Waals surface area contributed by atoms with Crippen LogP contribution < -0.4 is 4.72 Å². The molecule has 1 unspecified atom stereocenters. The lowest BCUT2D eigenvalue weighted by Crippen LogP contribution is -2.45. The van der Waals surface area contributed by atoms with E-state index in [2.05, 4.69) is 15.2 Å². The molecule has 0 aliphatic heterocycles. The highest BCUT2D eigenvalue weighted by atomic mass is 32.2. The molecule has 11 heteroatoms. The van der Waals surface area contributed by atoms with Crippen molar-refractivity contribution in [2.75, 3.05) is 0 Å². The van der Waals surface area contributed by atoms with E-state index in [1.807, 2.05) is 18.6 Å². The molecule has 1 aromatic carbocycles. The summed E-state index contributed by atoms with van der Waals surface area (Å²) in [5.41, 5.74) is 1.42. The van der Waals surface area contributed by atoms with Crippen molar-refractivity contribution < 1.29 is 18.0 Å². The second-order valence-corrected chi connectivity index (χ2v) is 8.44. The first-order valence-electron chi connectivity index (χ1n) is 7.90. The van der Waals surface area contributed by atoms with Gasteiger partial charge in [0, 0.05) is 4.88 Å². The third kappa shape index (κ3) is 5.66. The zero-order valence-corrected chi connectivity index (χ0v) is 16.6. The number of nitrogens with one attached hydrogen (secondary N) is 1. The van der Waals surface area contributed by atoms with E-state index in [-0.39, 0.29) is 13.0 Å². The number of aromatic nitrogens is 1. The Hall–Kier alpha value is -2.66. The summed E-state index contributed by atoms with van der Waals surface area (Å²) < 4.78 is 26.9. The Morgan fingerprint density at radius 2 is 2.00 bits per heavy atom. The van der Waals surface area contributed by atoms with Crippen molar-refractivity contribution in [1.82, 2.24) is 14.0 Å². The lowest BCUT2D eigenvalue weighted by Gasteiger charge is -2.18. The van der Waals surface area contributed by atoms with Gasteiger partial charge in [-0.1, -0.05) is 41.7 Å². The van der Waals surface area contributed by atoms with Crippen LogP contribution in [0.15, 0.2) is 40.6 Å². The fourth-order valence-electron chi connectivity index (χ4n) is 1.90. The first-order chi connectivity index (χ1) is 12.7. The third-order valence-electron chi connectivity index (χ3n) is 3.55. The third-order valence-corrected chi connectivity index (χ3v) is 5.80. The van der Waals surface area contributed by atoms with Gasteiger partial charge >= 0.3 is 10.2 Å². The summed E-state index contributed by atoms with van der Waals surface area (Å²) in [5, 5.41) is 8.04. The fraction of sp³-hybridized carbons (Fsp3) is 0.312. The number of carbonyl (C=O) groups is 2. The van der Waals surface area contributed by atoms with Crippen LogP contribution in [0, 0.1) is 13.8 Å².